The molecule has 2 aromatic carbocycles. The first-order valence-electron chi connectivity index (χ1n) is 9.56. The lowest BCUT2D eigenvalue weighted by Crippen LogP contribution is -2.44. The van der Waals surface area contributed by atoms with E-state index >= 15 is 0 Å². The number of methoxy groups -OCH3 is 1. The Labute approximate surface area is 165 Å². The SMILES string of the molecule is CCCCN1C(=O)C(C)Oc2ccc(NC(=O)Cc3ccc(OC)cc3)cc21. The van der Waals surface area contributed by atoms with Crippen molar-refractivity contribution in [1.82, 2.24) is 0 Å². The summed E-state index contributed by atoms with van der Waals surface area (Å²) in [5.41, 5.74) is 2.25. The minimum absolute atomic E-state index is 0.0531. The van der Waals surface area contributed by atoms with E-state index in [1.165, 1.54) is 0 Å². The lowest BCUT2D eigenvalue weighted by atomic mass is 10.1. The monoisotopic (exact) mass is 382 g/mol. The molecule has 0 aromatic heterocycles. The second-order valence-electron chi connectivity index (χ2n) is 6.86. The molecule has 6 heteroatoms. The predicted octanol–water partition coefficient (Wildman–Crippen LogP) is 3.79. The van der Waals surface area contributed by atoms with E-state index in [-0.39, 0.29) is 18.2 Å². The van der Waals surface area contributed by atoms with Crippen molar-refractivity contribution < 1.29 is 19.1 Å². The van der Waals surface area contributed by atoms with E-state index < -0.39 is 6.10 Å². The van der Waals surface area contributed by atoms with Crippen LogP contribution in [-0.2, 0) is 16.0 Å². The molecule has 0 saturated carbocycles. The van der Waals surface area contributed by atoms with Crippen LogP contribution in [0.4, 0.5) is 11.4 Å². The molecule has 0 radical (unpaired) electrons. The smallest absolute Gasteiger partial charge is 0.267 e. The molecule has 1 aliphatic heterocycles. The number of carbonyl (C=O) groups is 2. The highest BCUT2D eigenvalue weighted by atomic mass is 16.5. The maximum absolute atomic E-state index is 12.5. The first kappa shape index (κ1) is 19.7. The second kappa shape index (κ2) is 8.78. The van der Waals surface area contributed by atoms with Gasteiger partial charge in [0, 0.05) is 12.2 Å². The Morgan fingerprint density at radius 1 is 1.21 bits per heavy atom. The van der Waals surface area contributed by atoms with E-state index in [0.717, 1.165) is 24.2 Å². The van der Waals surface area contributed by atoms with Gasteiger partial charge in [-0.15, -0.1) is 0 Å². The van der Waals surface area contributed by atoms with Crippen LogP contribution < -0.4 is 19.7 Å². The summed E-state index contributed by atoms with van der Waals surface area (Å²) in [6.07, 6.45) is 1.66. The number of nitrogens with one attached hydrogen (secondary N) is 1. The number of rotatable bonds is 7. The summed E-state index contributed by atoms with van der Waals surface area (Å²) < 4.78 is 10.8. The number of amides is 2. The van der Waals surface area contributed by atoms with Gasteiger partial charge in [0.05, 0.1) is 19.2 Å². The molecular formula is C22H26N2O4. The quantitative estimate of drug-likeness (QED) is 0.791. The molecule has 2 aromatic rings. The fourth-order valence-electron chi connectivity index (χ4n) is 3.17. The minimum atomic E-state index is -0.500. The molecule has 0 bridgehead atoms. The van der Waals surface area contributed by atoms with Crippen molar-refractivity contribution in [2.75, 3.05) is 23.9 Å². The van der Waals surface area contributed by atoms with E-state index in [1.54, 1.807) is 37.1 Å². The van der Waals surface area contributed by atoms with E-state index in [0.29, 0.717) is 23.7 Å². The predicted molar refractivity (Wildman–Crippen MR) is 109 cm³/mol. The first-order chi connectivity index (χ1) is 13.5. The highest BCUT2D eigenvalue weighted by Gasteiger charge is 2.31. The average molecular weight is 382 g/mol. The minimum Gasteiger partial charge on any atom is -0.497 e. The molecule has 0 spiro atoms. The van der Waals surface area contributed by atoms with Gasteiger partial charge >= 0.3 is 0 Å². The number of hydrogen-bond donors (Lipinski definition) is 1. The third-order valence-electron chi connectivity index (χ3n) is 4.71. The van der Waals surface area contributed by atoms with Gasteiger partial charge in [0.15, 0.2) is 6.10 Å². The maximum Gasteiger partial charge on any atom is 0.267 e. The van der Waals surface area contributed by atoms with Crippen LogP contribution in [0.2, 0.25) is 0 Å². The second-order valence-corrected chi connectivity index (χ2v) is 6.86. The zero-order chi connectivity index (χ0) is 20.1. The summed E-state index contributed by atoms with van der Waals surface area (Å²) in [5, 5.41) is 2.91. The Morgan fingerprint density at radius 3 is 2.64 bits per heavy atom. The van der Waals surface area contributed by atoms with Crippen molar-refractivity contribution in [3.8, 4) is 11.5 Å². The van der Waals surface area contributed by atoms with E-state index in [9.17, 15) is 9.59 Å². The van der Waals surface area contributed by atoms with Crippen LogP contribution in [0, 0.1) is 0 Å². The van der Waals surface area contributed by atoms with Gasteiger partial charge < -0.3 is 19.7 Å². The molecule has 1 atom stereocenters. The van der Waals surface area contributed by atoms with Crippen molar-refractivity contribution >= 4 is 23.2 Å². The topological polar surface area (TPSA) is 67.9 Å². The highest BCUT2D eigenvalue weighted by molar-refractivity contribution is 6.01. The summed E-state index contributed by atoms with van der Waals surface area (Å²) in [7, 11) is 1.61. The number of anilines is 2. The van der Waals surface area contributed by atoms with Crippen LogP contribution >= 0.6 is 0 Å². The van der Waals surface area contributed by atoms with Gasteiger partial charge in [-0.1, -0.05) is 25.5 Å². The van der Waals surface area contributed by atoms with E-state index in [1.807, 2.05) is 24.3 Å². The van der Waals surface area contributed by atoms with Crippen LogP contribution in [0.1, 0.15) is 32.3 Å². The molecule has 148 valence electrons. The number of nitrogens with zero attached hydrogens (tertiary/aromatic N) is 1. The van der Waals surface area contributed by atoms with Crippen LogP contribution in [0.25, 0.3) is 0 Å². The molecule has 1 heterocycles. The zero-order valence-electron chi connectivity index (χ0n) is 16.5. The Kier molecular flexibility index (Phi) is 6.19. The summed E-state index contributed by atoms with van der Waals surface area (Å²) in [5.74, 6) is 1.24. The summed E-state index contributed by atoms with van der Waals surface area (Å²) >= 11 is 0. The van der Waals surface area contributed by atoms with Crippen molar-refractivity contribution in [3.63, 3.8) is 0 Å². The number of carbonyl (C=O) groups excluding carboxylic acids is 2. The van der Waals surface area contributed by atoms with Gasteiger partial charge in [0.25, 0.3) is 5.91 Å². The molecule has 28 heavy (non-hydrogen) atoms. The van der Waals surface area contributed by atoms with Crippen molar-refractivity contribution in [2.45, 2.75) is 39.2 Å². The maximum atomic E-state index is 12.5. The van der Waals surface area contributed by atoms with Crippen LogP contribution in [0.3, 0.4) is 0 Å². The number of fused-ring (bicyclic) bond motifs is 1. The van der Waals surface area contributed by atoms with Gasteiger partial charge in [0.1, 0.15) is 11.5 Å². The zero-order valence-corrected chi connectivity index (χ0v) is 16.5. The molecule has 0 aliphatic carbocycles. The van der Waals surface area contributed by atoms with Crippen LogP contribution in [-0.4, -0.2) is 31.6 Å². The van der Waals surface area contributed by atoms with Gasteiger partial charge in [-0.05, 0) is 49.2 Å². The van der Waals surface area contributed by atoms with Gasteiger partial charge in [-0.25, -0.2) is 0 Å². The number of unbranched alkanes of at least 4 members (excludes halogenated alkanes) is 1. The summed E-state index contributed by atoms with van der Waals surface area (Å²) in [6.45, 7) is 4.49. The molecule has 3 rings (SSSR count). The van der Waals surface area contributed by atoms with E-state index in [4.69, 9.17) is 9.47 Å². The normalized spacial score (nSPS) is 15.6. The third-order valence-corrected chi connectivity index (χ3v) is 4.71. The molecular weight excluding hydrogens is 356 g/mol. The van der Waals surface area contributed by atoms with Crippen molar-refractivity contribution in [3.05, 3.63) is 48.0 Å². The summed E-state index contributed by atoms with van der Waals surface area (Å²) in [6, 6.07) is 12.8. The first-order valence-corrected chi connectivity index (χ1v) is 9.56. The van der Waals surface area contributed by atoms with Crippen LogP contribution in [0.15, 0.2) is 42.5 Å². The molecule has 2 amide bonds. The molecule has 0 fully saturated rings. The highest BCUT2D eigenvalue weighted by Crippen LogP contribution is 2.36. The molecule has 1 N–H and O–H groups in total. The Hall–Kier alpha value is -3.02. The number of hydrogen-bond acceptors (Lipinski definition) is 4. The molecule has 0 saturated heterocycles. The summed E-state index contributed by atoms with van der Waals surface area (Å²) in [4.78, 5) is 26.7. The van der Waals surface area contributed by atoms with E-state index in [2.05, 4.69) is 12.2 Å². The largest absolute Gasteiger partial charge is 0.497 e. The van der Waals surface area contributed by atoms with Crippen LogP contribution in [0.5, 0.6) is 11.5 Å². The van der Waals surface area contributed by atoms with Gasteiger partial charge in [0.2, 0.25) is 5.91 Å². The standard InChI is InChI=1S/C22H26N2O4/c1-4-5-12-24-19-14-17(8-11-20(19)28-15(2)22(24)26)23-21(25)13-16-6-9-18(27-3)10-7-16/h6-11,14-15H,4-5,12-13H2,1-3H3,(H,23,25). The fraction of sp³-hybridized carbons (Fsp3) is 0.364. The number of benzene rings is 2. The Balaban J connectivity index is 1.73. The lowest BCUT2D eigenvalue weighted by Gasteiger charge is -2.33. The van der Waals surface area contributed by atoms with Gasteiger partial charge in [-0.3, -0.25) is 9.59 Å². The molecule has 1 aliphatic rings. The Morgan fingerprint density at radius 2 is 1.96 bits per heavy atom. The van der Waals surface area contributed by atoms with Gasteiger partial charge in [-0.2, -0.15) is 0 Å². The lowest BCUT2D eigenvalue weighted by molar-refractivity contribution is -0.125. The molecule has 1 unspecified atom stereocenters. The molecule has 6 nitrogen and oxygen atoms in total. The van der Waals surface area contributed by atoms with Crippen molar-refractivity contribution in [1.29, 1.82) is 0 Å². The van der Waals surface area contributed by atoms with Crippen molar-refractivity contribution in [2.24, 2.45) is 0 Å². The number of ether oxygens (including phenoxy) is 2. The fourth-order valence-corrected chi connectivity index (χ4v) is 3.17. The average Bonchev–Trinajstić information content (AvgIpc) is 2.69. The Bertz CT molecular complexity index is 848. The third kappa shape index (κ3) is 4.44.